The van der Waals surface area contributed by atoms with Crippen LogP contribution >= 0.6 is 0 Å². The maximum absolute atomic E-state index is 12.0. The van der Waals surface area contributed by atoms with Crippen LogP contribution in [0.4, 0.5) is 5.69 Å². The number of carbonyl (C=O) groups is 1. The molecule has 1 saturated carbocycles. The Bertz CT molecular complexity index is 463. The van der Waals surface area contributed by atoms with Gasteiger partial charge in [-0.1, -0.05) is 6.07 Å². The predicted octanol–water partition coefficient (Wildman–Crippen LogP) is 1.85. The van der Waals surface area contributed by atoms with Gasteiger partial charge in [-0.2, -0.15) is 0 Å². The number of amides is 1. The molecule has 0 bridgehead atoms. The van der Waals surface area contributed by atoms with Crippen LogP contribution in [0.3, 0.4) is 0 Å². The highest BCUT2D eigenvalue weighted by atomic mass is 16.2. The van der Waals surface area contributed by atoms with Crippen molar-refractivity contribution in [2.75, 3.05) is 11.9 Å². The second-order valence-electron chi connectivity index (χ2n) is 5.28. The summed E-state index contributed by atoms with van der Waals surface area (Å²) >= 11 is 0. The molecule has 0 aromatic heterocycles. The molecule has 2 aliphatic carbocycles. The number of nitrogens with one attached hydrogen (secondary N) is 1. The number of anilines is 1. The lowest BCUT2D eigenvalue weighted by atomic mass is 10.1. The fourth-order valence-electron chi connectivity index (χ4n) is 2.59. The Kier molecular flexibility index (Phi) is 2.44. The van der Waals surface area contributed by atoms with Gasteiger partial charge in [0.05, 0.1) is 5.41 Å². The number of fused-ring (bicyclic) bond motifs is 1. The predicted molar refractivity (Wildman–Crippen MR) is 67.8 cm³/mol. The van der Waals surface area contributed by atoms with Crippen molar-refractivity contribution in [1.29, 1.82) is 0 Å². The van der Waals surface area contributed by atoms with Crippen molar-refractivity contribution < 1.29 is 4.79 Å². The van der Waals surface area contributed by atoms with E-state index in [1.807, 2.05) is 6.07 Å². The molecule has 3 nitrogen and oxygen atoms in total. The molecule has 0 spiro atoms. The molecule has 0 saturated heterocycles. The van der Waals surface area contributed by atoms with E-state index in [0.29, 0.717) is 6.54 Å². The summed E-state index contributed by atoms with van der Waals surface area (Å²) in [4.78, 5) is 12.0. The zero-order chi connectivity index (χ0) is 11.9. The molecule has 17 heavy (non-hydrogen) atoms. The van der Waals surface area contributed by atoms with Crippen LogP contribution in [0.25, 0.3) is 0 Å². The summed E-state index contributed by atoms with van der Waals surface area (Å²) in [6, 6.07) is 6.27. The number of rotatable bonds is 3. The van der Waals surface area contributed by atoms with E-state index < -0.39 is 0 Å². The molecule has 3 heteroatoms. The summed E-state index contributed by atoms with van der Waals surface area (Å²) in [6.07, 6.45) is 5.41. The molecule has 90 valence electrons. The third kappa shape index (κ3) is 1.84. The van der Waals surface area contributed by atoms with Gasteiger partial charge in [0, 0.05) is 12.2 Å². The highest BCUT2D eigenvalue weighted by molar-refractivity contribution is 5.97. The average Bonchev–Trinajstić information content (AvgIpc) is 3.01. The first kappa shape index (κ1) is 10.8. The number of hydrogen-bond acceptors (Lipinski definition) is 2. The van der Waals surface area contributed by atoms with Gasteiger partial charge in [-0.05, 0) is 55.4 Å². The van der Waals surface area contributed by atoms with E-state index in [1.165, 1.54) is 24.0 Å². The number of benzene rings is 1. The molecule has 0 atom stereocenters. The standard InChI is InChI=1S/C14H18N2O/c15-9-14(6-7-14)13(17)16-12-5-4-10-2-1-3-11(10)8-12/h4-5,8H,1-3,6-7,9,15H2,(H,16,17). The van der Waals surface area contributed by atoms with Crippen LogP contribution in [0.5, 0.6) is 0 Å². The number of aryl methyl sites for hydroxylation is 2. The summed E-state index contributed by atoms with van der Waals surface area (Å²) in [6.45, 7) is 0.462. The van der Waals surface area contributed by atoms with Crippen LogP contribution < -0.4 is 11.1 Å². The van der Waals surface area contributed by atoms with Crippen molar-refractivity contribution in [2.24, 2.45) is 11.1 Å². The fourth-order valence-corrected chi connectivity index (χ4v) is 2.59. The topological polar surface area (TPSA) is 55.1 Å². The molecule has 0 heterocycles. The van der Waals surface area contributed by atoms with E-state index in [-0.39, 0.29) is 11.3 Å². The smallest absolute Gasteiger partial charge is 0.231 e. The Morgan fingerprint density at radius 1 is 1.29 bits per heavy atom. The van der Waals surface area contributed by atoms with E-state index in [1.54, 1.807) is 0 Å². The second-order valence-corrected chi connectivity index (χ2v) is 5.28. The van der Waals surface area contributed by atoms with Gasteiger partial charge in [0.25, 0.3) is 0 Å². The normalized spacial score (nSPS) is 19.8. The van der Waals surface area contributed by atoms with Crippen LogP contribution in [0.15, 0.2) is 18.2 Å². The Hall–Kier alpha value is -1.35. The van der Waals surface area contributed by atoms with Crippen molar-refractivity contribution in [3.63, 3.8) is 0 Å². The molecule has 0 radical (unpaired) electrons. The first-order valence-corrected chi connectivity index (χ1v) is 6.37. The highest BCUT2D eigenvalue weighted by Gasteiger charge is 2.48. The minimum atomic E-state index is -0.265. The van der Waals surface area contributed by atoms with Crippen LogP contribution in [-0.2, 0) is 17.6 Å². The minimum Gasteiger partial charge on any atom is -0.329 e. The zero-order valence-electron chi connectivity index (χ0n) is 9.96. The monoisotopic (exact) mass is 230 g/mol. The molecule has 3 rings (SSSR count). The molecule has 1 aromatic rings. The number of nitrogens with two attached hydrogens (primary N) is 1. The van der Waals surface area contributed by atoms with E-state index in [2.05, 4.69) is 17.4 Å². The van der Waals surface area contributed by atoms with Crippen molar-refractivity contribution in [1.82, 2.24) is 0 Å². The van der Waals surface area contributed by atoms with Crippen LogP contribution in [-0.4, -0.2) is 12.5 Å². The summed E-state index contributed by atoms with van der Waals surface area (Å²) < 4.78 is 0. The number of hydrogen-bond donors (Lipinski definition) is 2. The molecule has 2 aliphatic rings. The van der Waals surface area contributed by atoms with Gasteiger partial charge in [-0.25, -0.2) is 0 Å². The molecular weight excluding hydrogens is 212 g/mol. The van der Waals surface area contributed by atoms with Gasteiger partial charge < -0.3 is 11.1 Å². The number of carbonyl (C=O) groups excluding carboxylic acids is 1. The van der Waals surface area contributed by atoms with E-state index in [4.69, 9.17) is 5.73 Å². The van der Waals surface area contributed by atoms with Crippen molar-refractivity contribution in [3.05, 3.63) is 29.3 Å². The summed E-state index contributed by atoms with van der Waals surface area (Å²) in [5.74, 6) is 0.0953. The summed E-state index contributed by atoms with van der Waals surface area (Å²) in [7, 11) is 0. The van der Waals surface area contributed by atoms with Crippen molar-refractivity contribution >= 4 is 11.6 Å². The lowest BCUT2D eigenvalue weighted by Gasteiger charge is -2.13. The largest absolute Gasteiger partial charge is 0.329 e. The van der Waals surface area contributed by atoms with Crippen LogP contribution in [0.2, 0.25) is 0 Å². The molecule has 0 aliphatic heterocycles. The zero-order valence-corrected chi connectivity index (χ0v) is 9.96. The van der Waals surface area contributed by atoms with Crippen LogP contribution in [0.1, 0.15) is 30.4 Å². The van der Waals surface area contributed by atoms with Gasteiger partial charge in [-0.3, -0.25) is 4.79 Å². The molecular formula is C14H18N2O. The van der Waals surface area contributed by atoms with E-state index in [0.717, 1.165) is 24.9 Å². The lowest BCUT2D eigenvalue weighted by molar-refractivity contribution is -0.120. The Labute approximate surface area is 101 Å². The van der Waals surface area contributed by atoms with Gasteiger partial charge in [-0.15, -0.1) is 0 Å². The van der Waals surface area contributed by atoms with E-state index >= 15 is 0 Å². The second kappa shape index (κ2) is 3.84. The molecule has 0 unspecified atom stereocenters. The lowest BCUT2D eigenvalue weighted by Crippen LogP contribution is -2.30. The SMILES string of the molecule is NCC1(C(=O)Nc2ccc3c(c2)CCC3)CC1. The molecule has 1 aromatic carbocycles. The van der Waals surface area contributed by atoms with Crippen LogP contribution in [0, 0.1) is 5.41 Å². The third-order valence-corrected chi connectivity index (χ3v) is 4.08. The van der Waals surface area contributed by atoms with Gasteiger partial charge in [0.15, 0.2) is 0 Å². The molecule has 3 N–H and O–H groups in total. The summed E-state index contributed by atoms with van der Waals surface area (Å²) in [5.41, 5.74) is 9.14. The minimum absolute atomic E-state index is 0.0953. The van der Waals surface area contributed by atoms with Crippen molar-refractivity contribution in [3.8, 4) is 0 Å². The first-order valence-electron chi connectivity index (χ1n) is 6.37. The van der Waals surface area contributed by atoms with Gasteiger partial charge in [0.2, 0.25) is 5.91 Å². The Morgan fingerprint density at radius 3 is 2.76 bits per heavy atom. The average molecular weight is 230 g/mol. The molecule has 1 fully saturated rings. The van der Waals surface area contributed by atoms with Gasteiger partial charge in [0.1, 0.15) is 0 Å². The fraction of sp³-hybridized carbons (Fsp3) is 0.500. The maximum atomic E-state index is 12.0. The highest BCUT2D eigenvalue weighted by Crippen LogP contribution is 2.45. The Morgan fingerprint density at radius 2 is 2.06 bits per heavy atom. The molecule has 1 amide bonds. The Balaban J connectivity index is 1.75. The quantitative estimate of drug-likeness (QED) is 0.832. The third-order valence-electron chi connectivity index (χ3n) is 4.08. The van der Waals surface area contributed by atoms with Gasteiger partial charge >= 0.3 is 0 Å². The first-order chi connectivity index (χ1) is 8.23. The van der Waals surface area contributed by atoms with Crippen molar-refractivity contribution in [2.45, 2.75) is 32.1 Å². The maximum Gasteiger partial charge on any atom is 0.231 e. The summed E-state index contributed by atoms with van der Waals surface area (Å²) in [5, 5.41) is 3.01. The van der Waals surface area contributed by atoms with E-state index in [9.17, 15) is 4.79 Å².